The van der Waals surface area contributed by atoms with Gasteiger partial charge in [0.1, 0.15) is 0 Å². The van der Waals surface area contributed by atoms with Crippen LogP contribution in [0.2, 0.25) is 0 Å². The number of carbonyl (C=O) groups is 1. The van der Waals surface area contributed by atoms with E-state index in [4.69, 9.17) is 9.47 Å². The molecular formula is C18H15BrN2O3S. The van der Waals surface area contributed by atoms with E-state index < -0.39 is 0 Å². The number of halogens is 1. The van der Waals surface area contributed by atoms with E-state index in [0.29, 0.717) is 22.2 Å². The van der Waals surface area contributed by atoms with Crippen molar-refractivity contribution in [3.05, 3.63) is 57.9 Å². The van der Waals surface area contributed by atoms with Crippen LogP contribution in [0.5, 0.6) is 11.5 Å². The zero-order valence-corrected chi connectivity index (χ0v) is 16.0. The van der Waals surface area contributed by atoms with E-state index in [1.165, 1.54) is 11.3 Å². The van der Waals surface area contributed by atoms with E-state index in [0.717, 1.165) is 15.7 Å². The molecule has 1 heterocycles. The van der Waals surface area contributed by atoms with Crippen LogP contribution in [0.4, 0.5) is 5.13 Å². The van der Waals surface area contributed by atoms with Crippen LogP contribution in [-0.4, -0.2) is 25.1 Å². The lowest BCUT2D eigenvalue weighted by atomic mass is 10.1. The Kier molecular flexibility index (Phi) is 5.35. The van der Waals surface area contributed by atoms with Crippen molar-refractivity contribution in [2.75, 3.05) is 19.5 Å². The predicted molar refractivity (Wildman–Crippen MR) is 103 cm³/mol. The highest BCUT2D eigenvalue weighted by atomic mass is 79.9. The van der Waals surface area contributed by atoms with E-state index in [1.54, 1.807) is 26.4 Å². The van der Waals surface area contributed by atoms with Gasteiger partial charge < -0.3 is 9.47 Å². The summed E-state index contributed by atoms with van der Waals surface area (Å²) in [4.78, 5) is 16.7. The Morgan fingerprint density at radius 3 is 2.48 bits per heavy atom. The van der Waals surface area contributed by atoms with Gasteiger partial charge in [0, 0.05) is 21.0 Å². The van der Waals surface area contributed by atoms with E-state index in [9.17, 15) is 4.79 Å². The second-order valence-electron chi connectivity index (χ2n) is 5.07. The molecule has 0 fully saturated rings. The van der Waals surface area contributed by atoms with Gasteiger partial charge in [-0.25, -0.2) is 4.98 Å². The lowest BCUT2D eigenvalue weighted by molar-refractivity contribution is 0.102. The molecule has 0 aliphatic carbocycles. The molecule has 2 aromatic carbocycles. The summed E-state index contributed by atoms with van der Waals surface area (Å²) in [7, 11) is 3.18. The van der Waals surface area contributed by atoms with Gasteiger partial charge in [0.05, 0.1) is 19.9 Å². The number of carbonyl (C=O) groups excluding carboxylic acids is 1. The lowest BCUT2D eigenvalue weighted by Crippen LogP contribution is -2.11. The summed E-state index contributed by atoms with van der Waals surface area (Å²) in [5.41, 5.74) is 2.22. The zero-order valence-electron chi connectivity index (χ0n) is 13.6. The molecule has 0 atom stereocenters. The number of hydrogen-bond acceptors (Lipinski definition) is 5. The van der Waals surface area contributed by atoms with Crippen molar-refractivity contribution in [3.8, 4) is 22.8 Å². The van der Waals surface area contributed by atoms with Gasteiger partial charge in [0.2, 0.25) is 0 Å². The van der Waals surface area contributed by atoms with Crippen molar-refractivity contribution in [2.24, 2.45) is 0 Å². The van der Waals surface area contributed by atoms with E-state index in [2.05, 4.69) is 26.2 Å². The van der Waals surface area contributed by atoms with Crippen molar-refractivity contribution in [1.82, 2.24) is 4.98 Å². The minimum absolute atomic E-state index is 0.194. The summed E-state index contributed by atoms with van der Waals surface area (Å²) in [5, 5.41) is 5.24. The van der Waals surface area contributed by atoms with Gasteiger partial charge in [-0.2, -0.15) is 0 Å². The van der Waals surface area contributed by atoms with Crippen LogP contribution >= 0.6 is 27.3 Å². The minimum atomic E-state index is -0.194. The maximum absolute atomic E-state index is 12.3. The fraction of sp³-hybridized carbons (Fsp3) is 0.111. The lowest BCUT2D eigenvalue weighted by Gasteiger charge is -2.08. The number of amides is 1. The van der Waals surface area contributed by atoms with Crippen LogP contribution < -0.4 is 14.8 Å². The van der Waals surface area contributed by atoms with Crippen LogP contribution in [0.1, 0.15) is 10.4 Å². The standard InChI is InChI=1S/C18H15BrN2O3S/c1-23-15-8-5-12(9-16(15)24-2)14-10-25-18(20-14)21-17(22)11-3-6-13(19)7-4-11/h3-10H,1-2H3,(H,20,21,22). The first-order valence-corrected chi connectivity index (χ1v) is 9.03. The number of nitrogens with zero attached hydrogens (tertiary/aromatic N) is 1. The Balaban J connectivity index is 1.78. The van der Waals surface area contributed by atoms with Crippen LogP contribution in [0, 0.1) is 0 Å². The monoisotopic (exact) mass is 418 g/mol. The highest BCUT2D eigenvalue weighted by Crippen LogP contribution is 2.33. The largest absolute Gasteiger partial charge is 0.493 e. The Morgan fingerprint density at radius 2 is 1.80 bits per heavy atom. The van der Waals surface area contributed by atoms with Gasteiger partial charge >= 0.3 is 0 Å². The number of anilines is 1. The fourth-order valence-corrected chi connectivity index (χ4v) is 3.21. The predicted octanol–water partition coefficient (Wildman–Crippen LogP) is 4.84. The van der Waals surface area contributed by atoms with Crippen molar-refractivity contribution >= 4 is 38.3 Å². The second-order valence-corrected chi connectivity index (χ2v) is 6.84. The molecule has 0 aliphatic rings. The quantitative estimate of drug-likeness (QED) is 0.643. The average Bonchev–Trinajstić information content (AvgIpc) is 3.10. The SMILES string of the molecule is COc1ccc(-c2csc(NC(=O)c3ccc(Br)cc3)n2)cc1OC. The summed E-state index contributed by atoms with van der Waals surface area (Å²) >= 11 is 4.72. The molecule has 7 heteroatoms. The van der Waals surface area contributed by atoms with E-state index in [-0.39, 0.29) is 5.91 Å². The van der Waals surface area contributed by atoms with Crippen LogP contribution in [0.15, 0.2) is 52.3 Å². The summed E-state index contributed by atoms with van der Waals surface area (Å²) in [6.07, 6.45) is 0. The number of thiazole rings is 1. The van der Waals surface area contributed by atoms with Gasteiger partial charge in [-0.1, -0.05) is 15.9 Å². The van der Waals surface area contributed by atoms with Crippen molar-refractivity contribution in [3.63, 3.8) is 0 Å². The first-order chi connectivity index (χ1) is 12.1. The highest BCUT2D eigenvalue weighted by molar-refractivity contribution is 9.10. The Morgan fingerprint density at radius 1 is 1.08 bits per heavy atom. The van der Waals surface area contributed by atoms with Gasteiger partial charge in [-0.15, -0.1) is 11.3 Å². The highest BCUT2D eigenvalue weighted by Gasteiger charge is 2.12. The van der Waals surface area contributed by atoms with Crippen molar-refractivity contribution in [1.29, 1.82) is 0 Å². The molecule has 1 aromatic heterocycles. The molecular weight excluding hydrogens is 404 g/mol. The van der Waals surface area contributed by atoms with Crippen molar-refractivity contribution < 1.29 is 14.3 Å². The molecule has 0 saturated heterocycles. The van der Waals surface area contributed by atoms with Gasteiger partial charge in [-0.05, 0) is 42.5 Å². The van der Waals surface area contributed by atoms with E-state index in [1.807, 2.05) is 35.7 Å². The summed E-state index contributed by atoms with van der Waals surface area (Å²) in [6.45, 7) is 0. The van der Waals surface area contributed by atoms with E-state index >= 15 is 0 Å². The molecule has 0 spiro atoms. The Bertz CT molecular complexity index is 894. The minimum Gasteiger partial charge on any atom is -0.493 e. The molecule has 0 aliphatic heterocycles. The third kappa shape index (κ3) is 4.00. The first kappa shape index (κ1) is 17.4. The first-order valence-electron chi connectivity index (χ1n) is 7.35. The fourth-order valence-electron chi connectivity index (χ4n) is 2.23. The third-order valence-corrected chi connectivity index (χ3v) is 4.80. The third-order valence-electron chi connectivity index (χ3n) is 3.51. The zero-order chi connectivity index (χ0) is 17.8. The topological polar surface area (TPSA) is 60.5 Å². The maximum Gasteiger partial charge on any atom is 0.257 e. The Labute approximate surface area is 157 Å². The average molecular weight is 419 g/mol. The number of ether oxygens (including phenoxy) is 2. The smallest absolute Gasteiger partial charge is 0.257 e. The Hall–Kier alpha value is -2.38. The normalized spacial score (nSPS) is 10.4. The van der Waals surface area contributed by atoms with Gasteiger partial charge in [0.25, 0.3) is 5.91 Å². The molecule has 0 saturated carbocycles. The molecule has 0 radical (unpaired) electrons. The van der Waals surface area contributed by atoms with Gasteiger partial charge in [-0.3, -0.25) is 10.1 Å². The number of nitrogens with one attached hydrogen (secondary N) is 1. The summed E-state index contributed by atoms with van der Waals surface area (Å²) < 4.78 is 11.5. The molecule has 3 rings (SSSR count). The number of methoxy groups -OCH3 is 2. The molecule has 1 N–H and O–H groups in total. The van der Waals surface area contributed by atoms with Crippen LogP contribution in [0.3, 0.4) is 0 Å². The molecule has 25 heavy (non-hydrogen) atoms. The molecule has 0 bridgehead atoms. The van der Waals surface area contributed by atoms with Crippen molar-refractivity contribution in [2.45, 2.75) is 0 Å². The molecule has 0 unspecified atom stereocenters. The molecule has 5 nitrogen and oxygen atoms in total. The van der Waals surface area contributed by atoms with Crippen LogP contribution in [0.25, 0.3) is 11.3 Å². The van der Waals surface area contributed by atoms with Crippen LogP contribution in [-0.2, 0) is 0 Å². The summed E-state index contributed by atoms with van der Waals surface area (Å²) in [6, 6.07) is 12.7. The molecule has 3 aromatic rings. The second kappa shape index (κ2) is 7.67. The number of aromatic nitrogens is 1. The molecule has 128 valence electrons. The molecule has 1 amide bonds. The summed E-state index contributed by atoms with van der Waals surface area (Å²) in [5.74, 6) is 1.10. The number of hydrogen-bond donors (Lipinski definition) is 1. The number of benzene rings is 2. The maximum atomic E-state index is 12.3. The van der Waals surface area contributed by atoms with Gasteiger partial charge in [0.15, 0.2) is 16.6 Å². The number of rotatable bonds is 5.